The van der Waals surface area contributed by atoms with Gasteiger partial charge in [-0.2, -0.15) is 0 Å². The van der Waals surface area contributed by atoms with E-state index in [9.17, 15) is 16.8 Å². The molecule has 2 aromatic rings. The molecule has 0 radical (unpaired) electrons. The fourth-order valence-electron chi connectivity index (χ4n) is 3.63. The third-order valence-corrected chi connectivity index (χ3v) is 11.1. The van der Waals surface area contributed by atoms with E-state index < -0.39 is 30.2 Å². The quantitative estimate of drug-likeness (QED) is 0.263. The van der Waals surface area contributed by atoms with E-state index in [2.05, 4.69) is 25.7 Å². The third kappa shape index (κ3) is 5.73. The Bertz CT molecular complexity index is 1160. The van der Waals surface area contributed by atoms with Gasteiger partial charge in [0.2, 0.25) is 0 Å². The fourth-order valence-corrected chi connectivity index (χ4v) is 8.58. The van der Waals surface area contributed by atoms with Crippen LogP contribution < -0.4 is 0 Å². The predicted molar refractivity (Wildman–Crippen MR) is 135 cm³/mol. The average Bonchev–Trinajstić information content (AvgIpc) is 2.82. The van der Waals surface area contributed by atoms with Gasteiger partial charge in [0.1, 0.15) is 0 Å². The largest absolute Gasteiger partial charge is 0.222 e. The summed E-state index contributed by atoms with van der Waals surface area (Å²) < 4.78 is 53.5. The summed E-state index contributed by atoms with van der Waals surface area (Å²) in [5.41, 5.74) is 1.46. The van der Waals surface area contributed by atoms with Gasteiger partial charge in [-0.3, -0.25) is 0 Å². The Balaban J connectivity index is 2.60. The van der Waals surface area contributed by atoms with Crippen LogP contribution in [0.2, 0.25) is 0 Å². The van der Waals surface area contributed by atoms with Gasteiger partial charge >= 0.3 is 0 Å². The second-order valence-corrected chi connectivity index (χ2v) is 12.7. The number of sulfone groups is 2. The molecule has 4 nitrogen and oxygen atoms in total. The van der Waals surface area contributed by atoms with Gasteiger partial charge in [0.15, 0.2) is 23.8 Å². The first-order valence-corrected chi connectivity index (χ1v) is 13.6. The SMILES string of the molecule is C#CCC(CC(=C)CCC(=C)CCC=C)(S(=O)(=O)c1ccccc1)S(=O)(=O)c1ccccc1. The lowest BCUT2D eigenvalue weighted by Gasteiger charge is -2.32. The number of rotatable bonds is 13. The van der Waals surface area contributed by atoms with Crippen LogP contribution in [0.1, 0.15) is 38.5 Å². The topological polar surface area (TPSA) is 68.3 Å². The van der Waals surface area contributed by atoms with Crippen LogP contribution in [0.15, 0.2) is 107 Å². The number of hydrogen-bond acceptors (Lipinski definition) is 4. The van der Waals surface area contributed by atoms with Crippen LogP contribution in [0, 0.1) is 12.3 Å². The molecule has 0 aromatic heterocycles. The van der Waals surface area contributed by atoms with Crippen LogP contribution in [0.4, 0.5) is 0 Å². The fraction of sp³-hybridized carbons (Fsp3) is 0.259. The van der Waals surface area contributed by atoms with E-state index in [1.165, 1.54) is 24.3 Å². The number of allylic oxidation sites excluding steroid dienone is 3. The third-order valence-electron chi connectivity index (χ3n) is 5.51. The number of benzene rings is 2. The van der Waals surface area contributed by atoms with Crippen molar-refractivity contribution in [1.29, 1.82) is 0 Å². The van der Waals surface area contributed by atoms with Crippen LogP contribution in [0.5, 0.6) is 0 Å². The Morgan fingerprint density at radius 3 is 1.70 bits per heavy atom. The molecule has 0 fully saturated rings. The summed E-state index contributed by atoms with van der Waals surface area (Å²) >= 11 is 0. The molecule has 0 aliphatic carbocycles. The molecule has 6 heteroatoms. The van der Waals surface area contributed by atoms with Crippen molar-refractivity contribution in [3.05, 3.63) is 97.6 Å². The minimum absolute atomic E-state index is 0.0945. The van der Waals surface area contributed by atoms with Gasteiger partial charge < -0.3 is 0 Å². The lowest BCUT2D eigenvalue weighted by atomic mass is 9.99. The van der Waals surface area contributed by atoms with Gasteiger partial charge in [-0.05, 0) is 49.9 Å². The van der Waals surface area contributed by atoms with E-state index in [1.807, 2.05) is 0 Å². The molecule has 0 unspecified atom stereocenters. The van der Waals surface area contributed by atoms with Crippen molar-refractivity contribution in [2.24, 2.45) is 0 Å². The van der Waals surface area contributed by atoms with Gasteiger partial charge in [0.25, 0.3) is 0 Å². The molecular formula is C27H30O4S2. The minimum atomic E-state index is -4.41. The van der Waals surface area contributed by atoms with Gasteiger partial charge in [-0.1, -0.05) is 66.8 Å². The minimum Gasteiger partial charge on any atom is -0.222 e. The van der Waals surface area contributed by atoms with Gasteiger partial charge in [-0.25, -0.2) is 16.8 Å². The number of terminal acetylenes is 1. The molecule has 0 saturated heterocycles. The van der Waals surface area contributed by atoms with Crippen LogP contribution in [-0.2, 0) is 19.7 Å². The van der Waals surface area contributed by atoms with Crippen molar-refractivity contribution in [1.82, 2.24) is 0 Å². The first-order valence-electron chi connectivity index (χ1n) is 10.6. The Labute approximate surface area is 198 Å². The summed E-state index contributed by atoms with van der Waals surface area (Å²) in [7, 11) is -8.81. The van der Waals surface area contributed by atoms with Crippen molar-refractivity contribution in [3.8, 4) is 12.3 Å². The van der Waals surface area contributed by atoms with Crippen LogP contribution in [-0.4, -0.2) is 20.9 Å². The summed E-state index contributed by atoms with van der Waals surface area (Å²) in [6.45, 7) is 11.8. The van der Waals surface area contributed by atoms with E-state index in [4.69, 9.17) is 6.42 Å². The standard InChI is InChI=1S/C27H30O4S2/c1-5-7-14-23(3)19-20-24(4)22-27(21-6-2,32(28,29)25-15-10-8-11-16-25)33(30,31)26-17-12-9-13-18-26/h2,5,8-13,15-18H,1,3-4,7,14,19-22H2. The molecule has 0 aliphatic rings. The smallest absolute Gasteiger partial charge is 0.200 e. The zero-order chi connectivity index (χ0) is 24.5. The highest BCUT2D eigenvalue weighted by atomic mass is 32.3. The second-order valence-electron chi connectivity index (χ2n) is 7.93. The maximum Gasteiger partial charge on any atom is 0.200 e. The van der Waals surface area contributed by atoms with Crippen molar-refractivity contribution < 1.29 is 16.8 Å². The highest BCUT2D eigenvalue weighted by Gasteiger charge is 2.55. The molecule has 0 heterocycles. The number of hydrogen-bond donors (Lipinski definition) is 0. The Hall–Kier alpha value is -2.88. The van der Waals surface area contributed by atoms with Crippen LogP contribution in [0.3, 0.4) is 0 Å². The van der Waals surface area contributed by atoms with Crippen molar-refractivity contribution in [2.75, 3.05) is 0 Å². The van der Waals surface area contributed by atoms with E-state index in [0.29, 0.717) is 18.4 Å². The molecule has 0 N–H and O–H groups in total. The first kappa shape index (κ1) is 26.4. The lowest BCUT2D eigenvalue weighted by molar-refractivity contribution is 0.533. The molecule has 0 amide bonds. The summed E-state index contributed by atoms with van der Waals surface area (Å²) in [6.07, 6.45) is 9.12. The molecule has 0 bridgehead atoms. The highest BCUT2D eigenvalue weighted by molar-refractivity contribution is 8.10. The zero-order valence-corrected chi connectivity index (χ0v) is 20.4. The molecule has 0 aliphatic heterocycles. The summed E-state index contributed by atoms with van der Waals surface area (Å²) in [6, 6.07) is 15.1. The molecule has 0 atom stereocenters. The molecular weight excluding hydrogens is 452 g/mol. The lowest BCUT2D eigenvalue weighted by Crippen LogP contribution is -2.46. The van der Waals surface area contributed by atoms with Crippen LogP contribution >= 0.6 is 0 Å². The summed E-state index contributed by atoms with van der Waals surface area (Å²) in [5, 5.41) is 0. The molecule has 174 valence electrons. The van der Waals surface area contributed by atoms with E-state index in [1.54, 1.807) is 42.5 Å². The summed E-state index contributed by atoms with van der Waals surface area (Å²) in [4.78, 5) is -0.189. The van der Waals surface area contributed by atoms with E-state index in [-0.39, 0.29) is 16.2 Å². The zero-order valence-electron chi connectivity index (χ0n) is 18.7. The highest BCUT2D eigenvalue weighted by Crippen LogP contribution is 2.43. The maximum atomic E-state index is 13.9. The molecule has 0 saturated carbocycles. The molecule has 0 spiro atoms. The maximum absolute atomic E-state index is 13.9. The Morgan fingerprint density at radius 1 is 0.818 bits per heavy atom. The normalized spacial score (nSPS) is 12.0. The average molecular weight is 483 g/mol. The van der Waals surface area contributed by atoms with Gasteiger partial charge in [-0.15, -0.1) is 18.9 Å². The second kappa shape index (κ2) is 11.3. The Kier molecular flexibility index (Phi) is 9.04. The monoisotopic (exact) mass is 482 g/mol. The Morgan fingerprint density at radius 2 is 1.27 bits per heavy atom. The van der Waals surface area contributed by atoms with E-state index in [0.717, 1.165) is 18.4 Å². The van der Waals surface area contributed by atoms with Gasteiger partial charge in [0.05, 0.1) is 9.79 Å². The first-order chi connectivity index (χ1) is 15.6. The van der Waals surface area contributed by atoms with Crippen molar-refractivity contribution in [3.63, 3.8) is 0 Å². The van der Waals surface area contributed by atoms with E-state index >= 15 is 0 Å². The predicted octanol–water partition coefficient (Wildman–Crippen LogP) is 5.90. The summed E-state index contributed by atoms with van der Waals surface area (Å²) in [5.74, 6) is 2.33. The van der Waals surface area contributed by atoms with Gasteiger partial charge in [0, 0.05) is 12.8 Å². The molecule has 2 aromatic carbocycles. The van der Waals surface area contributed by atoms with Crippen molar-refractivity contribution in [2.45, 2.75) is 52.4 Å². The van der Waals surface area contributed by atoms with Crippen molar-refractivity contribution >= 4 is 19.7 Å². The molecule has 2 rings (SSSR count). The van der Waals surface area contributed by atoms with Crippen LogP contribution in [0.25, 0.3) is 0 Å². The molecule has 33 heavy (non-hydrogen) atoms.